The third kappa shape index (κ3) is 8.26. The summed E-state index contributed by atoms with van der Waals surface area (Å²) in [6, 6.07) is -0.474. The van der Waals surface area contributed by atoms with E-state index in [1.54, 1.807) is 23.1 Å². The van der Waals surface area contributed by atoms with Gasteiger partial charge < -0.3 is 34.6 Å². The Morgan fingerprint density at radius 1 is 1.20 bits per heavy atom. The average Bonchev–Trinajstić information content (AvgIpc) is 2.92. The van der Waals surface area contributed by atoms with Gasteiger partial charge in [-0.2, -0.15) is 0 Å². The molecule has 224 valence electrons. The molecule has 0 radical (unpaired) electrons. The number of hydrogen-bond donors (Lipinski definition) is 2. The Morgan fingerprint density at radius 2 is 1.90 bits per heavy atom. The lowest BCUT2D eigenvalue weighted by atomic mass is 9.91. The van der Waals surface area contributed by atoms with Crippen LogP contribution < -0.4 is 5.32 Å². The molecular formula is C28H46N6O6. The van der Waals surface area contributed by atoms with Crippen molar-refractivity contribution in [2.45, 2.75) is 58.9 Å². The zero-order valence-electron chi connectivity index (χ0n) is 24.8. The third-order valence-corrected chi connectivity index (χ3v) is 7.14. The maximum atomic E-state index is 14.2. The molecular weight excluding hydrogens is 516 g/mol. The fourth-order valence-corrected chi connectivity index (χ4v) is 5.08. The first-order valence-corrected chi connectivity index (χ1v) is 14.2. The van der Waals surface area contributed by atoms with Crippen LogP contribution in [0.2, 0.25) is 0 Å². The van der Waals surface area contributed by atoms with Crippen LogP contribution in [0.25, 0.3) is 0 Å². The summed E-state index contributed by atoms with van der Waals surface area (Å²) >= 11 is 0. The van der Waals surface area contributed by atoms with Crippen molar-refractivity contribution in [3.8, 4) is 0 Å². The van der Waals surface area contributed by atoms with E-state index in [1.165, 1.54) is 4.90 Å². The predicted octanol–water partition coefficient (Wildman–Crippen LogP) is 2.55. The van der Waals surface area contributed by atoms with Crippen molar-refractivity contribution in [2.75, 3.05) is 71.5 Å². The summed E-state index contributed by atoms with van der Waals surface area (Å²) in [6.07, 6.45) is 1.59. The number of carbonyl (C=O) groups excluding carboxylic acids is 2. The highest BCUT2D eigenvalue weighted by molar-refractivity contribution is 5.98. The van der Waals surface area contributed by atoms with Gasteiger partial charge in [0.05, 0.1) is 25.2 Å². The minimum atomic E-state index is -1.10. The summed E-state index contributed by atoms with van der Waals surface area (Å²) in [5.41, 5.74) is 0.00945. The smallest absolute Gasteiger partial charge is 0.407 e. The number of ether oxygens (including phenoxy) is 2. The van der Waals surface area contributed by atoms with Gasteiger partial charge >= 0.3 is 6.09 Å². The first-order chi connectivity index (χ1) is 18.9. The fourth-order valence-electron chi connectivity index (χ4n) is 5.08. The number of aromatic nitrogens is 2. The number of hydrogen-bond acceptors (Lipinski definition) is 8. The number of nitrogens with one attached hydrogen (secondary N) is 1. The van der Waals surface area contributed by atoms with Gasteiger partial charge in [0, 0.05) is 64.6 Å². The molecule has 12 heteroatoms. The number of amides is 3. The number of piperidine rings is 1. The average molecular weight is 563 g/mol. The number of carboxylic acid groups (broad SMARTS) is 1. The van der Waals surface area contributed by atoms with Crippen LogP contribution in [-0.4, -0.2) is 120 Å². The summed E-state index contributed by atoms with van der Waals surface area (Å²) in [6.45, 7) is 13.7. The van der Waals surface area contributed by atoms with Gasteiger partial charge in [-0.3, -0.25) is 9.59 Å². The lowest BCUT2D eigenvalue weighted by molar-refractivity contribution is -0.142. The Balaban J connectivity index is 1.94. The lowest BCUT2D eigenvalue weighted by Gasteiger charge is -2.43. The van der Waals surface area contributed by atoms with Gasteiger partial charge in [-0.25, -0.2) is 14.8 Å². The van der Waals surface area contributed by atoms with Gasteiger partial charge in [-0.05, 0) is 18.8 Å². The number of carbonyl (C=O) groups is 3. The van der Waals surface area contributed by atoms with E-state index in [0.717, 1.165) is 6.42 Å². The molecule has 1 aromatic heterocycles. The second kappa shape index (κ2) is 14.1. The molecule has 12 nitrogen and oxygen atoms in total. The van der Waals surface area contributed by atoms with Gasteiger partial charge in [-0.15, -0.1) is 0 Å². The molecule has 2 aliphatic heterocycles. The monoisotopic (exact) mass is 562 g/mol. The molecule has 2 saturated heterocycles. The van der Waals surface area contributed by atoms with E-state index in [2.05, 4.69) is 10.3 Å². The van der Waals surface area contributed by atoms with Crippen molar-refractivity contribution in [1.82, 2.24) is 24.7 Å². The van der Waals surface area contributed by atoms with Crippen molar-refractivity contribution < 1.29 is 29.0 Å². The van der Waals surface area contributed by atoms with Crippen LogP contribution in [0.4, 0.5) is 10.6 Å². The quantitative estimate of drug-likeness (QED) is 0.412. The highest BCUT2D eigenvalue weighted by Crippen LogP contribution is 2.28. The van der Waals surface area contributed by atoms with E-state index < -0.39 is 18.1 Å². The van der Waals surface area contributed by atoms with E-state index in [4.69, 9.17) is 14.5 Å². The van der Waals surface area contributed by atoms with E-state index in [0.29, 0.717) is 69.6 Å². The van der Waals surface area contributed by atoms with Crippen LogP contribution in [0.1, 0.15) is 63.6 Å². The van der Waals surface area contributed by atoms with Crippen LogP contribution >= 0.6 is 0 Å². The molecule has 0 bridgehead atoms. The van der Waals surface area contributed by atoms with E-state index in [1.807, 2.05) is 34.6 Å². The largest absolute Gasteiger partial charge is 0.465 e. The molecule has 2 fully saturated rings. The SMILES string of the molecule is COCCCNc1nc(C(C)(C)C)ncc1C(=O)N(CC(C)C)[C@H]1C[C@@H](C(=O)N2CCOCC2)CN(C(=O)O)C1. The molecule has 0 unspecified atom stereocenters. The second-order valence-electron chi connectivity index (χ2n) is 12.0. The minimum Gasteiger partial charge on any atom is -0.465 e. The molecule has 40 heavy (non-hydrogen) atoms. The summed E-state index contributed by atoms with van der Waals surface area (Å²) in [4.78, 5) is 53.7. The lowest BCUT2D eigenvalue weighted by Crippen LogP contribution is -2.58. The summed E-state index contributed by atoms with van der Waals surface area (Å²) in [5.74, 6) is 0.265. The molecule has 0 spiro atoms. The Morgan fingerprint density at radius 3 is 2.50 bits per heavy atom. The van der Waals surface area contributed by atoms with Crippen molar-refractivity contribution in [1.29, 1.82) is 0 Å². The van der Waals surface area contributed by atoms with Crippen molar-refractivity contribution in [3.63, 3.8) is 0 Å². The Kier molecular flexibility index (Phi) is 11.1. The number of likely N-dealkylation sites (tertiary alicyclic amines) is 1. The van der Waals surface area contributed by atoms with Crippen molar-refractivity contribution >= 4 is 23.7 Å². The molecule has 2 N–H and O–H groups in total. The molecule has 2 aliphatic rings. The first-order valence-electron chi connectivity index (χ1n) is 14.2. The minimum absolute atomic E-state index is 0.0884. The number of nitrogens with zero attached hydrogens (tertiary/aromatic N) is 5. The second-order valence-corrected chi connectivity index (χ2v) is 12.0. The molecule has 0 aromatic carbocycles. The fraction of sp³-hybridized carbons (Fsp3) is 0.750. The molecule has 2 atom stereocenters. The maximum absolute atomic E-state index is 14.2. The third-order valence-electron chi connectivity index (χ3n) is 7.14. The summed E-state index contributed by atoms with van der Waals surface area (Å²) in [5, 5.41) is 13.2. The molecule has 1 aromatic rings. The highest BCUT2D eigenvalue weighted by Gasteiger charge is 2.40. The first kappa shape index (κ1) is 31.5. The van der Waals surface area contributed by atoms with Gasteiger partial charge in [0.1, 0.15) is 17.2 Å². The molecule has 0 aliphatic carbocycles. The Hall–Kier alpha value is -2.99. The van der Waals surface area contributed by atoms with E-state index in [9.17, 15) is 19.5 Å². The number of methoxy groups -OCH3 is 1. The van der Waals surface area contributed by atoms with E-state index >= 15 is 0 Å². The van der Waals surface area contributed by atoms with Crippen LogP contribution in [-0.2, 0) is 19.7 Å². The van der Waals surface area contributed by atoms with Crippen molar-refractivity contribution in [3.05, 3.63) is 17.6 Å². The Labute approximate surface area is 237 Å². The van der Waals surface area contributed by atoms with Crippen LogP contribution in [0.3, 0.4) is 0 Å². The molecule has 0 saturated carbocycles. The van der Waals surface area contributed by atoms with Crippen molar-refractivity contribution in [2.24, 2.45) is 11.8 Å². The van der Waals surface area contributed by atoms with Crippen LogP contribution in [0, 0.1) is 11.8 Å². The van der Waals surface area contributed by atoms with Gasteiger partial charge in [0.25, 0.3) is 5.91 Å². The number of morpholine rings is 1. The van der Waals surface area contributed by atoms with Gasteiger partial charge in [-0.1, -0.05) is 34.6 Å². The predicted molar refractivity (Wildman–Crippen MR) is 150 cm³/mol. The van der Waals surface area contributed by atoms with Gasteiger partial charge in [0.2, 0.25) is 5.91 Å². The zero-order chi connectivity index (χ0) is 29.4. The summed E-state index contributed by atoms with van der Waals surface area (Å²) in [7, 11) is 1.64. The van der Waals surface area contributed by atoms with Gasteiger partial charge in [0.15, 0.2) is 0 Å². The standard InChI is InChI=1S/C28H46N6O6/c1-19(2)16-34(21-14-20(17-33(18-21)27(37)38)24(35)32-9-12-40-13-10-32)25(36)22-15-30-26(28(3,4)5)31-23(22)29-8-7-11-39-6/h15,19-21H,7-14,16-18H2,1-6H3,(H,37,38)(H,29,30,31)/t20-,21+/m1/s1. The van der Waals surface area contributed by atoms with Crippen LogP contribution in [0.5, 0.6) is 0 Å². The number of anilines is 1. The molecule has 3 heterocycles. The van der Waals surface area contributed by atoms with E-state index in [-0.39, 0.29) is 36.2 Å². The number of rotatable bonds is 10. The molecule has 3 amide bonds. The molecule has 3 rings (SSSR count). The zero-order valence-corrected chi connectivity index (χ0v) is 24.8. The van der Waals surface area contributed by atoms with Crippen LogP contribution in [0.15, 0.2) is 6.20 Å². The maximum Gasteiger partial charge on any atom is 0.407 e. The highest BCUT2D eigenvalue weighted by atomic mass is 16.5. The topological polar surface area (TPSA) is 137 Å². The summed E-state index contributed by atoms with van der Waals surface area (Å²) < 4.78 is 10.5. The Bertz CT molecular complexity index is 1020. The normalized spacial score (nSPS) is 20.0.